The van der Waals surface area contributed by atoms with Gasteiger partial charge in [-0.2, -0.15) is 0 Å². The van der Waals surface area contributed by atoms with Gasteiger partial charge in [0, 0.05) is 12.3 Å². The van der Waals surface area contributed by atoms with Crippen molar-refractivity contribution in [2.24, 2.45) is 0 Å². The van der Waals surface area contributed by atoms with Crippen molar-refractivity contribution in [2.45, 2.75) is 5.56 Å². The SMILES string of the molecule is CN1CCSC1O. The number of thioether (sulfide) groups is 1. The van der Waals surface area contributed by atoms with Gasteiger partial charge in [-0.1, -0.05) is 0 Å². The molecule has 1 aliphatic heterocycles. The molecule has 0 aromatic heterocycles. The summed E-state index contributed by atoms with van der Waals surface area (Å²) in [6.07, 6.45) is 0. The molecule has 2 nitrogen and oxygen atoms in total. The van der Waals surface area contributed by atoms with Gasteiger partial charge >= 0.3 is 0 Å². The van der Waals surface area contributed by atoms with Crippen LogP contribution in [0, 0.1) is 0 Å². The highest BCUT2D eigenvalue weighted by Crippen LogP contribution is 2.17. The van der Waals surface area contributed by atoms with E-state index in [0.717, 1.165) is 12.3 Å². The average molecular weight is 119 g/mol. The smallest absolute Gasteiger partial charge is 0.155 e. The molecule has 1 heterocycles. The molecule has 1 unspecified atom stereocenters. The molecule has 0 spiro atoms. The van der Waals surface area contributed by atoms with E-state index in [0.29, 0.717) is 0 Å². The fourth-order valence-corrected chi connectivity index (χ4v) is 1.50. The van der Waals surface area contributed by atoms with Gasteiger partial charge in [-0.05, 0) is 7.05 Å². The van der Waals surface area contributed by atoms with Gasteiger partial charge in [0.2, 0.25) is 0 Å². The van der Waals surface area contributed by atoms with E-state index in [1.807, 2.05) is 11.9 Å². The van der Waals surface area contributed by atoms with E-state index < -0.39 is 0 Å². The lowest BCUT2D eigenvalue weighted by atomic mass is 10.7. The molecule has 7 heavy (non-hydrogen) atoms. The highest BCUT2D eigenvalue weighted by Gasteiger charge is 2.16. The van der Waals surface area contributed by atoms with Crippen molar-refractivity contribution in [1.82, 2.24) is 4.90 Å². The fraction of sp³-hybridized carbons (Fsp3) is 1.00. The second-order valence-corrected chi connectivity index (χ2v) is 2.84. The second kappa shape index (κ2) is 2.03. The van der Waals surface area contributed by atoms with Crippen LogP contribution in [0.3, 0.4) is 0 Å². The van der Waals surface area contributed by atoms with Crippen molar-refractivity contribution < 1.29 is 5.11 Å². The number of nitrogens with zero attached hydrogens (tertiary/aromatic N) is 1. The van der Waals surface area contributed by atoms with Crippen LogP contribution in [0.2, 0.25) is 0 Å². The van der Waals surface area contributed by atoms with Crippen molar-refractivity contribution in [3.8, 4) is 0 Å². The minimum absolute atomic E-state index is 0.236. The zero-order valence-corrected chi connectivity index (χ0v) is 5.11. The van der Waals surface area contributed by atoms with Crippen molar-refractivity contribution >= 4 is 11.8 Å². The molecule has 1 rings (SSSR count). The quantitative estimate of drug-likeness (QED) is 0.483. The molecule has 0 bridgehead atoms. The third-order valence-corrected chi connectivity index (χ3v) is 2.16. The molecule has 1 saturated heterocycles. The maximum atomic E-state index is 8.89. The van der Waals surface area contributed by atoms with Crippen LogP contribution >= 0.6 is 11.8 Å². The molecule has 0 amide bonds. The molecular weight excluding hydrogens is 110 g/mol. The largest absolute Gasteiger partial charge is 0.369 e. The molecule has 3 heteroatoms. The lowest BCUT2D eigenvalue weighted by Crippen LogP contribution is -2.22. The first kappa shape index (κ1) is 5.41. The third-order valence-electron chi connectivity index (χ3n) is 1.09. The molecule has 0 aliphatic carbocycles. The highest BCUT2D eigenvalue weighted by molar-refractivity contribution is 7.99. The van der Waals surface area contributed by atoms with E-state index in [-0.39, 0.29) is 5.56 Å². The first-order valence-corrected chi connectivity index (χ1v) is 3.35. The Bertz CT molecular complexity index is 60.7. The van der Waals surface area contributed by atoms with Crippen LogP contribution in [0.25, 0.3) is 0 Å². The summed E-state index contributed by atoms with van der Waals surface area (Å²) in [4.78, 5) is 1.92. The fourth-order valence-electron chi connectivity index (χ4n) is 0.540. The summed E-state index contributed by atoms with van der Waals surface area (Å²) in [6, 6.07) is 0. The number of aliphatic hydroxyl groups is 1. The molecule has 0 saturated carbocycles. The topological polar surface area (TPSA) is 23.5 Å². The van der Waals surface area contributed by atoms with Crippen LogP contribution in [-0.4, -0.2) is 34.9 Å². The van der Waals surface area contributed by atoms with Gasteiger partial charge in [0.25, 0.3) is 0 Å². The Hall–Kier alpha value is 0.270. The maximum absolute atomic E-state index is 8.89. The Balaban J connectivity index is 2.33. The normalized spacial score (nSPS) is 34.3. The molecule has 0 radical (unpaired) electrons. The van der Waals surface area contributed by atoms with E-state index >= 15 is 0 Å². The van der Waals surface area contributed by atoms with Gasteiger partial charge in [-0.3, -0.25) is 4.90 Å². The van der Waals surface area contributed by atoms with Gasteiger partial charge in [0.05, 0.1) is 0 Å². The predicted molar refractivity (Wildman–Crippen MR) is 31.1 cm³/mol. The average Bonchev–Trinajstić information content (AvgIpc) is 1.91. The van der Waals surface area contributed by atoms with Crippen molar-refractivity contribution in [2.75, 3.05) is 19.3 Å². The molecular formula is C4H9NOS. The van der Waals surface area contributed by atoms with E-state index in [9.17, 15) is 0 Å². The van der Waals surface area contributed by atoms with Gasteiger partial charge in [0.15, 0.2) is 5.56 Å². The number of hydrogen-bond donors (Lipinski definition) is 1. The zero-order valence-electron chi connectivity index (χ0n) is 4.29. The number of rotatable bonds is 0. The van der Waals surface area contributed by atoms with Gasteiger partial charge in [-0.25, -0.2) is 0 Å². The Morgan fingerprint density at radius 3 is 2.71 bits per heavy atom. The molecule has 1 N–H and O–H groups in total. The van der Waals surface area contributed by atoms with Gasteiger partial charge < -0.3 is 5.11 Å². The third kappa shape index (κ3) is 1.08. The predicted octanol–water partition coefficient (Wildman–Crippen LogP) is -0.0591. The van der Waals surface area contributed by atoms with Crippen molar-refractivity contribution in [3.05, 3.63) is 0 Å². The first-order valence-electron chi connectivity index (χ1n) is 2.30. The Kier molecular flexibility index (Phi) is 1.57. The molecule has 42 valence electrons. The molecule has 0 aromatic carbocycles. The maximum Gasteiger partial charge on any atom is 0.155 e. The molecule has 0 aromatic rings. The Morgan fingerprint density at radius 1 is 1.86 bits per heavy atom. The summed E-state index contributed by atoms with van der Waals surface area (Å²) in [7, 11) is 1.92. The van der Waals surface area contributed by atoms with Crippen LogP contribution in [-0.2, 0) is 0 Å². The van der Waals surface area contributed by atoms with Crippen molar-refractivity contribution in [1.29, 1.82) is 0 Å². The van der Waals surface area contributed by atoms with Gasteiger partial charge in [0.1, 0.15) is 0 Å². The van der Waals surface area contributed by atoms with Gasteiger partial charge in [-0.15, -0.1) is 11.8 Å². The van der Waals surface area contributed by atoms with Crippen LogP contribution < -0.4 is 0 Å². The lowest BCUT2D eigenvalue weighted by Gasteiger charge is -2.09. The van der Waals surface area contributed by atoms with Crippen LogP contribution in [0.1, 0.15) is 0 Å². The van der Waals surface area contributed by atoms with E-state index in [1.165, 1.54) is 0 Å². The Morgan fingerprint density at radius 2 is 2.57 bits per heavy atom. The molecule has 1 fully saturated rings. The van der Waals surface area contributed by atoms with E-state index in [2.05, 4.69) is 0 Å². The zero-order chi connectivity index (χ0) is 5.28. The highest BCUT2D eigenvalue weighted by atomic mass is 32.2. The van der Waals surface area contributed by atoms with E-state index in [4.69, 9.17) is 5.11 Å². The van der Waals surface area contributed by atoms with E-state index in [1.54, 1.807) is 11.8 Å². The summed E-state index contributed by atoms with van der Waals surface area (Å²) < 4.78 is 0. The summed E-state index contributed by atoms with van der Waals surface area (Å²) in [5, 5.41) is 8.89. The molecule has 1 aliphatic rings. The van der Waals surface area contributed by atoms with Crippen LogP contribution in [0.5, 0.6) is 0 Å². The second-order valence-electron chi connectivity index (χ2n) is 1.68. The Labute approximate surface area is 47.5 Å². The minimum Gasteiger partial charge on any atom is -0.369 e. The summed E-state index contributed by atoms with van der Waals surface area (Å²) in [5.74, 6) is 1.07. The van der Waals surface area contributed by atoms with Crippen molar-refractivity contribution in [3.63, 3.8) is 0 Å². The minimum atomic E-state index is -0.236. The monoisotopic (exact) mass is 119 g/mol. The summed E-state index contributed by atoms with van der Waals surface area (Å²) in [5.41, 5.74) is -0.236. The summed E-state index contributed by atoms with van der Waals surface area (Å²) >= 11 is 1.59. The van der Waals surface area contributed by atoms with Crippen LogP contribution in [0.4, 0.5) is 0 Å². The lowest BCUT2D eigenvalue weighted by molar-refractivity contribution is 0.116. The molecule has 1 atom stereocenters. The first-order chi connectivity index (χ1) is 3.30. The number of hydrogen-bond acceptors (Lipinski definition) is 3. The summed E-state index contributed by atoms with van der Waals surface area (Å²) in [6.45, 7) is 1.02. The van der Waals surface area contributed by atoms with Crippen LogP contribution in [0.15, 0.2) is 0 Å². The number of aliphatic hydroxyl groups excluding tert-OH is 1. The standard InChI is InChI=1S/C4H9NOS/c1-5-2-3-7-4(5)6/h4,6H,2-3H2,1H3.